The van der Waals surface area contributed by atoms with Gasteiger partial charge in [0.2, 0.25) is 5.91 Å². The van der Waals surface area contributed by atoms with E-state index < -0.39 is 17.6 Å². The summed E-state index contributed by atoms with van der Waals surface area (Å²) in [6.45, 7) is 1.04. The second-order valence-electron chi connectivity index (χ2n) is 8.74. The molecule has 1 amide bonds. The van der Waals surface area contributed by atoms with E-state index in [1.807, 2.05) is 11.0 Å². The zero-order chi connectivity index (χ0) is 25.8. The molecule has 0 bridgehead atoms. The third kappa shape index (κ3) is 6.87. The summed E-state index contributed by atoms with van der Waals surface area (Å²) in [6, 6.07) is 10.1. The van der Waals surface area contributed by atoms with E-state index in [0.29, 0.717) is 54.4 Å². The summed E-state index contributed by atoms with van der Waals surface area (Å²) < 4.78 is 52.8. The topological polar surface area (TPSA) is 47.3 Å². The average molecular weight is 530 g/mol. The lowest BCUT2D eigenvalue weighted by molar-refractivity contribution is -0.140. The number of hydrogen-bond donors (Lipinski definition) is 0. The van der Waals surface area contributed by atoms with Crippen molar-refractivity contribution in [3.63, 3.8) is 0 Å². The third-order valence-electron chi connectivity index (χ3n) is 6.28. The molecular weight excluding hydrogens is 505 g/mol. The SMILES string of the molecule is CN(Cc1ccc(C(F)(F)F)c(F)c1)[C@H]1CN(C(=O)CCCCC#N)C[C@@H]1c1ccc(Cl)c(Cl)c1. The van der Waals surface area contributed by atoms with Crippen LogP contribution in [0.2, 0.25) is 10.0 Å². The van der Waals surface area contributed by atoms with Crippen LogP contribution in [-0.4, -0.2) is 41.9 Å². The number of benzene rings is 2. The number of hydrogen-bond acceptors (Lipinski definition) is 3. The standard InChI is InChI=1S/C25H25Cl2F4N3O/c1-33(13-16-6-8-19(22(28)11-16)25(29,30)31)23-15-34(24(35)5-3-2-4-10-32)14-18(23)17-7-9-20(26)21(27)12-17/h6-9,11-12,18,23H,2-5,13-15H2,1H3/t18-,23+/m1/s1. The molecule has 0 unspecified atom stereocenters. The Balaban J connectivity index is 1.80. The van der Waals surface area contributed by atoms with Crippen LogP contribution in [0.3, 0.4) is 0 Å². The van der Waals surface area contributed by atoms with E-state index in [1.165, 1.54) is 6.07 Å². The van der Waals surface area contributed by atoms with Gasteiger partial charge < -0.3 is 4.90 Å². The first-order chi connectivity index (χ1) is 16.5. The summed E-state index contributed by atoms with van der Waals surface area (Å²) in [5.74, 6) is -1.47. The molecule has 2 atom stereocenters. The Morgan fingerprint density at radius 1 is 1.14 bits per heavy atom. The lowest BCUT2D eigenvalue weighted by Crippen LogP contribution is -2.38. The lowest BCUT2D eigenvalue weighted by Gasteiger charge is -2.29. The smallest absolute Gasteiger partial charge is 0.340 e. The highest BCUT2D eigenvalue weighted by Gasteiger charge is 2.39. The number of amides is 1. The Bertz CT molecular complexity index is 1100. The molecule has 1 saturated heterocycles. The number of alkyl halides is 3. The first-order valence-corrected chi connectivity index (χ1v) is 11.9. The molecule has 35 heavy (non-hydrogen) atoms. The van der Waals surface area contributed by atoms with E-state index in [0.717, 1.165) is 17.7 Å². The van der Waals surface area contributed by atoms with Gasteiger partial charge in [0.1, 0.15) is 5.82 Å². The number of likely N-dealkylation sites (N-methyl/N-ethyl adjacent to an activating group) is 1. The molecule has 0 N–H and O–H groups in total. The van der Waals surface area contributed by atoms with Crippen LogP contribution in [0.15, 0.2) is 36.4 Å². The Labute approximate surface area is 212 Å². The molecule has 10 heteroatoms. The van der Waals surface area contributed by atoms with Gasteiger partial charge in [0.15, 0.2) is 0 Å². The summed E-state index contributed by atoms with van der Waals surface area (Å²) in [7, 11) is 1.80. The maximum atomic E-state index is 14.1. The van der Waals surface area contributed by atoms with Crippen LogP contribution in [0, 0.1) is 17.1 Å². The Morgan fingerprint density at radius 2 is 1.89 bits per heavy atom. The maximum Gasteiger partial charge on any atom is 0.419 e. The molecule has 0 saturated carbocycles. The van der Waals surface area contributed by atoms with Crippen molar-refractivity contribution in [2.45, 2.75) is 50.4 Å². The van der Waals surface area contributed by atoms with Crippen molar-refractivity contribution >= 4 is 29.1 Å². The van der Waals surface area contributed by atoms with Crippen molar-refractivity contribution < 1.29 is 22.4 Å². The fourth-order valence-corrected chi connectivity index (χ4v) is 4.74. The zero-order valence-electron chi connectivity index (χ0n) is 19.1. The van der Waals surface area contributed by atoms with Gasteiger partial charge in [0.25, 0.3) is 0 Å². The van der Waals surface area contributed by atoms with Gasteiger partial charge in [-0.2, -0.15) is 18.4 Å². The van der Waals surface area contributed by atoms with Gasteiger partial charge in [-0.15, -0.1) is 0 Å². The molecule has 1 heterocycles. The van der Waals surface area contributed by atoms with Crippen LogP contribution in [0.5, 0.6) is 0 Å². The molecule has 2 aromatic rings. The van der Waals surface area contributed by atoms with Crippen LogP contribution in [-0.2, 0) is 17.5 Å². The molecule has 1 fully saturated rings. The van der Waals surface area contributed by atoms with Gasteiger partial charge in [-0.05, 0) is 55.3 Å². The number of nitriles is 1. The largest absolute Gasteiger partial charge is 0.419 e. The number of rotatable bonds is 8. The molecule has 0 aliphatic carbocycles. The monoisotopic (exact) mass is 529 g/mol. The van der Waals surface area contributed by atoms with Gasteiger partial charge in [-0.1, -0.05) is 35.3 Å². The van der Waals surface area contributed by atoms with Crippen LogP contribution in [0.1, 0.15) is 48.3 Å². The predicted octanol–water partition coefficient (Wildman–Crippen LogP) is 6.66. The fourth-order valence-electron chi connectivity index (χ4n) is 4.44. The van der Waals surface area contributed by atoms with Crippen LogP contribution < -0.4 is 0 Å². The second-order valence-corrected chi connectivity index (χ2v) is 9.55. The highest BCUT2D eigenvalue weighted by Crippen LogP contribution is 2.36. The van der Waals surface area contributed by atoms with E-state index in [-0.39, 0.29) is 24.4 Å². The molecular formula is C25H25Cl2F4N3O. The van der Waals surface area contributed by atoms with Crippen LogP contribution >= 0.6 is 23.2 Å². The van der Waals surface area contributed by atoms with E-state index in [1.54, 1.807) is 24.1 Å². The van der Waals surface area contributed by atoms with Crippen molar-refractivity contribution in [2.24, 2.45) is 0 Å². The summed E-state index contributed by atoms with van der Waals surface area (Å²) in [5.41, 5.74) is -0.0200. The summed E-state index contributed by atoms with van der Waals surface area (Å²) >= 11 is 12.3. The second kappa shape index (κ2) is 11.6. The Hall–Kier alpha value is -2.34. The molecule has 0 aromatic heterocycles. The van der Waals surface area contributed by atoms with E-state index in [2.05, 4.69) is 6.07 Å². The predicted molar refractivity (Wildman–Crippen MR) is 127 cm³/mol. The number of likely N-dealkylation sites (tertiary alicyclic amines) is 1. The van der Waals surface area contributed by atoms with Crippen molar-refractivity contribution in [3.05, 3.63) is 69.0 Å². The number of halogens is 6. The van der Waals surface area contributed by atoms with Crippen molar-refractivity contribution in [1.82, 2.24) is 9.80 Å². The number of unbranched alkanes of at least 4 members (excludes halogenated alkanes) is 2. The lowest BCUT2D eigenvalue weighted by atomic mass is 9.93. The highest BCUT2D eigenvalue weighted by molar-refractivity contribution is 6.42. The molecule has 0 spiro atoms. The van der Waals surface area contributed by atoms with Gasteiger partial charge in [-0.25, -0.2) is 4.39 Å². The molecule has 0 radical (unpaired) electrons. The van der Waals surface area contributed by atoms with E-state index in [4.69, 9.17) is 28.5 Å². The van der Waals surface area contributed by atoms with Crippen molar-refractivity contribution in [2.75, 3.05) is 20.1 Å². The molecule has 2 aromatic carbocycles. The van der Waals surface area contributed by atoms with E-state index in [9.17, 15) is 22.4 Å². The molecule has 4 nitrogen and oxygen atoms in total. The maximum absolute atomic E-state index is 14.1. The number of carbonyl (C=O) groups excluding carboxylic acids is 1. The zero-order valence-corrected chi connectivity index (χ0v) is 20.6. The van der Waals surface area contributed by atoms with Crippen molar-refractivity contribution in [1.29, 1.82) is 5.26 Å². The van der Waals surface area contributed by atoms with Crippen LogP contribution in [0.4, 0.5) is 17.6 Å². The third-order valence-corrected chi connectivity index (χ3v) is 7.02. The molecule has 3 rings (SSSR count). The Morgan fingerprint density at radius 3 is 2.51 bits per heavy atom. The normalized spacial score (nSPS) is 18.2. The van der Waals surface area contributed by atoms with Gasteiger partial charge in [0.05, 0.1) is 21.7 Å². The van der Waals surface area contributed by atoms with Crippen molar-refractivity contribution in [3.8, 4) is 6.07 Å². The minimum Gasteiger partial charge on any atom is -0.340 e. The number of nitrogens with zero attached hydrogens (tertiary/aromatic N) is 3. The summed E-state index contributed by atoms with van der Waals surface area (Å²) in [4.78, 5) is 16.5. The molecule has 1 aliphatic rings. The molecule has 188 valence electrons. The summed E-state index contributed by atoms with van der Waals surface area (Å²) in [5, 5.41) is 9.48. The van der Waals surface area contributed by atoms with Crippen LogP contribution in [0.25, 0.3) is 0 Å². The fraction of sp³-hybridized carbons (Fsp3) is 0.440. The first-order valence-electron chi connectivity index (χ1n) is 11.2. The van der Waals surface area contributed by atoms with E-state index >= 15 is 0 Å². The Kier molecular flexibility index (Phi) is 9.03. The minimum atomic E-state index is -4.76. The number of carbonyl (C=O) groups is 1. The molecule has 1 aliphatic heterocycles. The summed E-state index contributed by atoms with van der Waals surface area (Å²) in [6.07, 6.45) is -2.77. The average Bonchev–Trinajstić information content (AvgIpc) is 3.23. The first kappa shape index (κ1) is 27.3. The van der Waals surface area contributed by atoms with Gasteiger partial charge in [0, 0.05) is 44.4 Å². The highest BCUT2D eigenvalue weighted by atomic mass is 35.5. The quantitative estimate of drug-likeness (QED) is 0.283. The van der Waals surface area contributed by atoms with Gasteiger partial charge in [-0.3, -0.25) is 9.69 Å². The minimum absolute atomic E-state index is 0.0236. The van der Waals surface area contributed by atoms with Gasteiger partial charge >= 0.3 is 6.18 Å².